The van der Waals surface area contributed by atoms with Crippen LogP contribution in [-0.2, 0) is 17.6 Å². The van der Waals surface area contributed by atoms with Gasteiger partial charge in [0.05, 0.1) is 11.4 Å². The summed E-state index contributed by atoms with van der Waals surface area (Å²) in [6.07, 6.45) is 2.52. The quantitative estimate of drug-likeness (QED) is 0.895. The third-order valence-corrected chi connectivity index (χ3v) is 3.74. The van der Waals surface area contributed by atoms with E-state index in [0.717, 1.165) is 36.2 Å². The normalized spacial score (nSPS) is 13.5. The number of anilines is 1. The Morgan fingerprint density at radius 1 is 1.41 bits per heavy atom. The van der Waals surface area contributed by atoms with Crippen LogP contribution >= 0.6 is 0 Å². The topological polar surface area (TPSA) is 92.7 Å². The molecular weight excluding hydrogens is 282 g/mol. The van der Waals surface area contributed by atoms with Crippen LogP contribution in [0.4, 0.5) is 5.82 Å². The van der Waals surface area contributed by atoms with E-state index < -0.39 is 0 Å². The van der Waals surface area contributed by atoms with Crippen LogP contribution in [0.2, 0.25) is 0 Å². The minimum atomic E-state index is -0.143. The summed E-state index contributed by atoms with van der Waals surface area (Å²) in [4.78, 5) is 31.3. The minimum absolute atomic E-state index is 0.107. The summed E-state index contributed by atoms with van der Waals surface area (Å²) in [5.41, 5.74) is 2.21. The standard InChI is InChI=1S/C15H19N5O2/c1-8(2)13(21)17-12-7-9(3)19-20(12)15-16-11-6-4-5-10(11)14(22)18-15/h7-8H,4-6H2,1-3H3,(H,17,21)(H,16,18,22). The lowest BCUT2D eigenvalue weighted by atomic mass is 10.2. The fraction of sp³-hybridized carbons (Fsp3) is 0.467. The van der Waals surface area contributed by atoms with Crippen molar-refractivity contribution in [1.29, 1.82) is 0 Å². The molecule has 0 aromatic carbocycles. The number of aromatic nitrogens is 4. The molecule has 0 bridgehead atoms. The molecule has 0 saturated carbocycles. The summed E-state index contributed by atoms with van der Waals surface area (Å²) in [5, 5.41) is 7.15. The van der Waals surface area contributed by atoms with E-state index in [1.165, 1.54) is 4.68 Å². The largest absolute Gasteiger partial charge is 0.310 e. The second-order valence-electron chi connectivity index (χ2n) is 5.90. The van der Waals surface area contributed by atoms with Gasteiger partial charge >= 0.3 is 0 Å². The maximum atomic E-state index is 12.1. The van der Waals surface area contributed by atoms with Crippen molar-refractivity contribution in [1.82, 2.24) is 19.7 Å². The number of hydrogen-bond donors (Lipinski definition) is 2. The summed E-state index contributed by atoms with van der Waals surface area (Å²) in [6, 6.07) is 1.76. The number of H-pyrrole nitrogens is 1. The van der Waals surface area contributed by atoms with E-state index in [4.69, 9.17) is 0 Å². The number of nitrogens with zero attached hydrogens (tertiary/aromatic N) is 3. The molecular formula is C15H19N5O2. The zero-order valence-electron chi connectivity index (χ0n) is 12.9. The molecule has 0 fully saturated rings. The van der Waals surface area contributed by atoms with Crippen LogP contribution in [0.25, 0.3) is 5.95 Å². The number of carbonyl (C=O) groups excluding carboxylic acids is 1. The lowest BCUT2D eigenvalue weighted by molar-refractivity contribution is -0.118. The van der Waals surface area contributed by atoms with Crippen molar-refractivity contribution in [3.8, 4) is 5.95 Å². The van der Waals surface area contributed by atoms with Gasteiger partial charge in [0.15, 0.2) is 0 Å². The Morgan fingerprint density at radius 2 is 2.18 bits per heavy atom. The number of hydrogen-bond acceptors (Lipinski definition) is 4. The summed E-state index contributed by atoms with van der Waals surface area (Å²) < 4.78 is 1.48. The lowest BCUT2D eigenvalue weighted by Crippen LogP contribution is -2.23. The molecule has 0 saturated heterocycles. The number of amides is 1. The van der Waals surface area contributed by atoms with Crippen LogP contribution in [0.1, 0.15) is 37.2 Å². The number of fused-ring (bicyclic) bond motifs is 1. The van der Waals surface area contributed by atoms with Gasteiger partial charge in [0, 0.05) is 17.5 Å². The fourth-order valence-electron chi connectivity index (χ4n) is 2.55. The highest BCUT2D eigenvalue weighted by Gasteiger charge is 2.20. The minimum Gasteiger partial charge on any atom is -0.310 e. The van der Waals surface area contributed by atoms with Crippen molar-refractivity contribution in [2.75, 3.05) is 5.32 Å². The van der Waals surface area contributed by atoms with Gasteiger partial charge < -0.3 is 5.32 Å². The zero-order valence-corrected chi connectivity index (χ0v) is 12.9. The maximum Gasteiger partial charge on any atom is 0.255 e. The van der Waals surface area contributed by atoms with Crippen molar-refractivity contribution in [2.24, 2.45) is 5.92 Å². The van der Waals surface area contributed by atoms with Gasteiger partial charge in [-0.15, -0.1) is 0 Å². The molecule has 116 valence electrons. The molecule has 0 spiro atoms. The van der Waals surface area contributed by atoms with Crippen LogP contribution in [0.5, 0.6) is 0 Å². The van der Waals surface area contributed by atoms with Crippen LogP contribution < -0.4 is 10.9 Å². The number of aromatic amines is 1. The first-order valence-electron chi connectivity index (χ1n) is 7.45. The van der Waals surface area contributed by atoms with E-state index >= 15 is 0 Å². The Labute approximate surface area is 127 Å². The zero-order chi connectivity index (χ0) is 15.9. The second-order valence-corrected chi connectivity index (χ2v) is 5.90. The Bertz CT molecular complexity index is 788. The molecule has 0 radical (unpaired) electrons. The van der Waals surface area contributed by atoms with Gasteiger partial charge in [0.25, 0.3) is 5.56 Å². The van der Waals surface area contributed by atoms with Gasteiger partial charge in [-0.25, -0.2) is 4.98 Å². The molecule has 2 N–H and O–H groups in total. The molecule has 0 aliphatic heterocycles. The van der Waals surface area contributed by atoms with E-state index in [2.05, 4.69) is 20.4 Å². The second kappa shape index (κ2) is 5.40. The summed E-state index contributed by atoms with van der Waals surface area (Å²) >= 11 is 0. The smallest absolute Gasteiger partial charge is 0.255 e. The van der Waals surface area contributed by atoms with Crippen LogP contribution in [0.15, 0.2) is 10.9 Å². The number of rotatable bonds is 3. The summed E-state index contributed by atoms with van der Waals surface area (Å²) in [6.45, 7) is 5.46. The Kier molecular flexibility index (Phi) is 3.56. The average molecular weight is 301 g/mol. The van der Waals surface area contributed by atoms with Crippen molar-refractivity contribution in [3.05, 3.63) is 33.4 Å². The van der Waals surface area contributed by atoms with Gasteiger partial charge in [-0.05, 0) is 26.2 Å². The monoisotopic (exact) mass is 301 g/mol. The van der Waals surface area contributed by atoms with Gasteiger partial charge in [0.1, 0.15) is 5.82 Å². The molecule has 2 aromatic rings. The predicted octanol–water partition coefficient (Wildman–Crippen LogP) is 1.35. The average Bonchev–Trinajstić information content (AvgIpc) is 3.05. The number of nitrogens with one attached hydrogen (secondary N) is 2. The Hall–Kier alpha value is -2.44. The maximum absolute atomic E-state index is 12.1. The van der Waals surface area contributed by atoms with E-state index in [1.807, 2.05) is 20.8 Å². The molecule has 22 heavy (non-hydrogen) atoms. The molecule has 3 rings (SSSR count). The third-order valence-electron chi connectivity index (χ3n) is 3.74. The molecule has 7 heteroatoms. The highest BCUT2D eigenvalue weighted by molar-refractivity contribution is 5.91. The van der Waals surface area contributed by atoms with E-state index in [1.54, 1.807) is 6.07 Å². The number of carbonyl (C=O) groups is 1. The first-order chi connectivity index (χ1) is 10.5. The van der Waals surface area contributed by atoms with Crippen molar-refractivity contribution < 1.29 is 4.79 Å². The summed E-state index contributed by atoms with van der Waals surface area (Å²) in [5.74, 6) is 0.607. The molecule has 0 unspecified atom stereocenters. The lowest BCUT2D eigenvalue weighted by Gasteiger charge is -2.10. The highest BCUT2D eigenvalue weighted by atomic mass is 16.2. The molecule has 1 aliphatic carbocycles. The van der Waals surface area contributed by atoms with Gasteiger partial charge in [0.2, 0.25) is 11.9 Å². The summed E-state index contributed by atoms with van der Waals surface area (Å²) in [7, 11) is 0. The van der Waals surface area contributed by atoms with Crippen LogP contribution in [0, 0.1) is 12.8 Å². The number of aryl methyl sites for hydroxylation is 2. The SMILES string of the molecule is Cc1cc(NC(=O)C(C)C)n(-c2nc3c(c(=O)[nH]2)CCC3)n1. The molecule has 1 amide bonds. The molecule has 1 aliphatic rings. The molecule has 2 aromatic heterocycles. The van der Waals surface area contributed by atoms with Gasteiger partial charge in [-0.3, -0.25) is 14.6 Å². The van der Waals surface area contributed by atoms with E-state index in [-0.39, 0.29) is 17.4 Å². The van der Waals surface area contributed by atoms with Crippen molar-refractivity contribution >= 4 is 11.7 Å². The molecule has 2 heterocycles. The first-order valence-corrected chi connectivity index (χ1v) is 7.45. The van der Waals surface area contributed by atoms with Gasteiger partial charge in [-0.1, -0.05) is 13.8 Å². The third kappa shape index (κ3) is 2.54. The first kappa shape index (κ1) is 14.5. The Balaban J connectivity index is 2.04. The van der Waals surface area contributed by atoms with Crippen molar-refractivity contribution in [2.45, 2.75) is 40.0 Å². The van der Waals surface area contributed by atoms with Gasteiger partial charge in [-0.2, -0.15) is 9.78 Å². The van der Waals surface area contributed by atoms with E-state index in [0.29, 0.717) is 11.8 Å². The fourth-order valence-corrected chi connectivity index (χ4v) is 2.55. The van der Waals surface area contributed by atoms with Crippen LogP contribution in [-0.4, -0.2) is 25.7 Å². The highest BCUT2D eigenvalue weighted by Crippen LogP contribution is 2.19. The molecule has 0 atom stereocenters. The molecule has 7 nitrogen and oxygen atoms in total. The van der Waals surface area contributed by atoms with Crippen molar-refractivity contribution in [3.63, 3.8) is 0 Å². The van der Waals surface area contributed by atoms with E-state index in [9.17, 15) is 9.59 Å². The predicted molar refractivity (Wildman–Crippen MR) is 82.2 cm³/mol. The Morgan fingerprint density at radius 3 is 2.91 bits per heavy atom. The van der Waals surface area contributed by atoms with Crippen LogP contribution in [0.3, 0.4) is 0 Å².